The van der Waals surface area contributed by atoms with Gasteiger partial charge < -0.3 is 4.74 Å². The van der Waals surface area contributed by atoms with Crippen LogP contribution in [0.15, 0.2) is 29.6 Å². The fourth-order valence-electron chi connectivity index (χ4n) is 3.95. The zero-order chi connectivity index (χ0) is 17.7. The Hall–Kier alpha value is -1.04. The van der Waals surface area contributed by atoms with Crippen LogP contribution < -0.4 is 0 Å². The Balaban J connectivity index is 1.66. The molecule has 0 aliphatic carbocycles. The molecule has 3 nitrogen and oxygen atoms in total. The van der Waals surface area contributed by atoms with E-state index in [1.807, 2.05) is 36.0 Å². The summed E-state index contributed by atoms with van der Waals surface area (Å²) in [7, 11) is 0. The van der Waals surface area contributed by atoms with Crippen LogP contribution in [-0.2, 0) is 9.53 Å². The van der Waals surface area contributed by atoms with Crippen LogP contribution in [0.1, 0.15) is 44.0 Å². The number of thiazole rings is 1. The first-order valence-electron chi connectivity index (χ1n) is 8.44. The van der Waals surface area contributed by atoms with E-state index in [0.29, 0.717) is 6.42 Å². The zero-order valence-electron chi connectivity index (χ0n) is 14.3. The Labute approximate surface area is 161 Å². The number of esters is 1. The first-order valence-corrected chi connectivity index (χ1v) is 10.7. The van der Waals surface area contributed by atoms with E-state index >= 15 is 0 Å². The standard InChI is InChI=1S/C19H20ClNO2S2/c1-18(2)11-19(7-8-25-18)14(9-16(22)23-19)17-21-15(10-24-17)12-3-5-13(20)6-4-12/h3-6,10,14H,7-9,11H2,1-2H3. The Bertz CT molecular complexity index is 802. The quantitative estimate of drug-likeness (QED) is 0.628. The van der Waals surface area contributed by atoms with Crippen molar-refractivity contribution in [3.63, 3.8) is 0 Å². The molecule has 0 amide bonds. The molecule has 1 spiro atoms. The van der Waals surface area contributed by atoms with E-state index in [-0.39, 0.29) is 22.2 Å². The Kier molecular flexibility index (Phi) is 4.37. The Morgan fingerprint density at radius 1 is 1.28 bits per heavy atom. The van der Waals surface area contributed by atoms with Crippen molar-refractivity contribution >= 4 is 40.7 Å². The lowest BCUT2D eigenvalue weighted by Crippen LogP contribution is -2.44. The molecule has 0 saturated carbocycles. The summed E-state index contributed by atoms with van der Waals surface area (Å²) in [5, 5.41) is 3.80. The summed E-state index contributed by atoms with van der Waals surface area (Å²) < 4.78 is 6.04. The summed E-state index contributed by atoms with van der Waals surface area (Å²) in [6.07, 6.45) is 2.23. The maximum absolute atomic E-state index is 12.2. The Morgan fingerprint density at radius 2 is 2.04 bits per heavy atom. The third-order valence-electron chi connectivity index (χ3n) is 5.03. The lowest BCUT2D eigenvalue weighted by Gasteiger charge is -2.43. The van der Waals surface area contributed by atoms with E-state index in [9.17, 15) is 4.79 Å². The monoisotopic (exact) mass is 393 g/mol. The van der Waals surface area contributed by atoms with Gasteiger partial charge in [0.15, 0.2) is 0 Å². The number of ether oxygens (including phenoxy) is 1. The number of aromatic nitrogens is 1. The van der Waals surface area contributed by atoms with Crippen molar-refractivity contribution in [3.05, 3.63) is 39.7 Å². The molecule has 0 N–H and O–H groups in total. The van der Waals surface area contributed by atoms with Crippen molar-refractivity contribution in [1.82, 2.24) is 4.98 Å². The molecular formula is C19H20ClNO2S2. The highest BCUT2D eigenvalue weighted by Crippen LogP contribution is 2.54. The Morgan fingerprint density at radius 3 is 2.76 bits per heavy atom. The lowest BCUT2D eigenvalue weighted by atomic mass is 9.78. The third kappa shape index (κ3) is 3.34. The topological polar surface area (TPSA) is 39.2 Å². The molecule has 4 rings (SSSR count). The smallest absolute Gasteiger partial charge is 0.307 e. The fraction of sp³-hybridized carbons (Fsp3) is 0.474. The summed E-state index contributed by atoms with van der Waals surface area (Å²) in [5.74, 6) is 0.994. The van der Waals surface area contributed by atoms with Crippen LogP contribution in [0, 0.1) is 0 Å². The molecule has 0 bridgehead atoms. The molecule has 2 fully saturated rings. The first kappa shape index (κ1) is 17.4. The van der Waals surface area contributed by atoms with Gasteiger partial charge in [-0.05, 0) is 24.3 Å². The number of hydrogen-bond donors (Lipinski definition) is 0. The minimum atomic E-state index is -0.388. The van der Waals surface area contributed by atoms with Crippen molar-refractivity contribution in [1.29, 1.82) is 0 Å². The highest BCUT2D eigenvalue weighted by molar-refractivity contribution is 8.00. The number of halogens is 1. The molecule has 1 aromatic heterocycles. The summed E-state index contributed by atoms with van der Waals surface area (Å²) >= 11 is 9.57. The minimum Gasteiger partial charge on any atom is -0.458 e. The maximum Gasteiger partial charge on any atom is 0.307 e. The second kappa shape index (κ2) is 6.29. The number of rotatable bonds is 2. The molecular weight excluding hydrogens is 374 g/mol. The van der Waals surface area contributed by atoms with Gasteiger partial charge in [0.25, 0.3) is 0 Å². The molecule has 2 unspecified atom stereocenters. The molecule has 25 heavy (non-hydrogen) atoms. The van der Waals surface area contributed by atoms with Gasteiger partial charge in [0.05, 0.1) is 18.0 Å². The molecule has 0 radical (unpaired) electrons. The molecule has 6 heteroatoms. The van der Waals surface area contributed by atoms with Gasteiger partial charge in [-0.2, -0.15) is 11.8 Å². The van der Waals surface area contributed by atoms with E-state index in [1.54, 1.807) is 11.3 Å². The van der Waals surface area contributed by atoms with Gasteiger partial charge in [0, 0.05) is 27.1 Å². The normalized spacial score (nSPS) is 28.3. The summed E-state index contributed by atoms with van der Waals surface area (Å²) in [6.45, 7) is 4.48. The maximum atomic E-state index is 12.2. The van der Waals surface area contributed by atoms with Gasteiger partial charge >= 0.3 is 5.97 Å². The predicted octanol–water partition coefficient (Wildman–Crippen LogP) is 5.54. The summed E-state index contributed by atoms with van der Waals surface area (Å²) in [5.41, 5.74) is 1.60. The zero-order valence-corrected chi connectivity index (χ0v) is 16.6. The molecule has 1 aromatic carbocycles. The van der Waals surface area contributed by atoms with Crippen molar-refractivity contribution in [2.45, 2.75) is 49.4 Å². The van der Waals surface area contributed by atoms with Crippen LogP contribution >= 0.6 is 34.7 Å². The fourth-order valence-corrected chi connectivity index (χ4v) is 6.46. The largest absolute Gasteiger partial charge is 0.458 e. The van der Waals surface area contributed by atoms with Crippen molar-refractivity contribution < 1.29 is 9.53 Å². The van der Waals surface area contributed by atoms with Crippen LogP contribution in [0.3, 0.4) is 0 Å². The molecule has 2 saturated heterocycles. The molecule has 3 heterocycles. The van der Waals surface area contributed by atoms with E-state index in [2.05, 4.69) is 19.2 Å². The first-order chi connectivity index (χ1) is 11.9. The number of thioether (sulfide) groups is 1. The van der Waals surface area contributed by atoms with Crippen LogP contribution in [0.5, 0.6) is 0 Å². The lowest BCUT2D eigenvalue weighted by molar-refractivity contribution is -0.150. The number of hydrogen-bond acceptors (Lipinski definition) is 5. The van der Waals surface area contributed by atoms with Crippen molar-refractivity contribution in [2.24, 2.45) is 0 Å². The van der Waals surface area contributed by atoms with E-state index in [1.165, 1.54) is 0 Å². The molecule has 2 aliphatic heterocycles. The van der Waals surface area contributed by atoms with Gasteiger partial charge in [-0.3, -0.25) is 4.79 Å². The van der Waals surface area contributed by atoms with Crippen LogP contribution in [0.2, 0.25) is 5.02 Å². The highest BCUT2D eigenvalue weighted by Gasteiger charge is 2.55. The average Bonchev–Trinajstić information content (AvgIpc) is 3.12. The number of carbonyl (C=O) groups is 1. The van der Waals surface area contributed by atoms with E-state index < -0.39 is 0 Å². The van der Waals surface area contributed by atoms with E-state index in [4.69, 9.17) is 21.3 Å². The number of carbonyl (C=O) groups excluding carboxylic acids is 1. The molecule has 132 valence electrons. The number of nitrogens with zero attached hydrogens (tertiary/aromatic N) is 1. The van der Waals surface area contributed by atoms with Gasteiger partial charge in [0.1, 0.15) is 10.6 Å². The summed E-state index contributed by atoms with van der Waals surface area (Å²) in [4.78, 5) is 17.0. The highest BCUT2D eigenvalue weighted by atomic mass is 35.5. The third-order valence-corrected chi connectivity index (χ3v) is 7.57. The van der Waals surface area contributed by atoms with Crippen LogP contribution in [-0.4, -0.2) is 27.1 Å². The average molecular weight is 394 g/mol. The van der Waals surface area contributed by atoms with Crippen molar-refractivity contribution in [3.8, 4) is 11.3 Å². The SMILES string of the molecule is CC1(C)CC2(CCS1)OC(=O)CC2c1nc(-c2ccc(Cl)cc2)cs1. The second-order valence-electron chi connectivity index (χ2n) is 7.41. The van der Waals surface area contributed by atoms with Gasteiger partial charge in [0.2, 0.25) is 0 Å². The molecule has 2 aliphatic rings. The predicted molar refractivity (Wildman–Crippen MR) is 105 cm³/mol. The molecule has 2 atom stereocenters. The minimum absolute atomic E-state index is 0.0613. The van der Waals surface area contributed by atoms with Gasteiger partial charge in [-0.15, -0.1) is 11.3 Å². The number of benzene rings is 1. The van der Waals surface area contributed by atoms with Crippen molar-refractivity contribution in [2.75, 3.05) is 5.75 Å². The second-order valence-corrected chi connectivity index (χ2v) is 10.5. The molecule has 2 aromatic rings. The van der Waals surface area contributed by atoms with Gasteiger partial charge in [-0.25, -0.2) is 4.98 Å². The van der Waals surface area contributed by atoms with E-state index in [0.717, 1.165) is 39.9 Å². The summed E-state index contributed by atoms with van der Waals surface area (Å²) in [6, 6.07) is 7.71. The van der Waals surface area contributed by atoms with Crippen LogP contribution in [0.4, 0.5) is 0 Å². The van der Waals surface area contributed by atoms with Gasteiger partial charge in [-0.1, -0.05) is 37.6 Å². The van der Waals surface area contributed by atoms with Crippen LogP contribution in [0.25, 0.3) is 11.3 Å².